The third kappa shape index (κ3) is 3.58. The first-order valence-electron chi connectivity index (χ1n) is 10.0. The number of benzene rings is 1. The average Bonchev–Trinajstić information content (AvgIpc) is 3.43. The molecule has 2 aliphatic rings. The molecule has 2 aromatic heterocycles. The lowest BCUT2D eigenvalue weighted by Crippen LogP contribution is -2.08. The van der Waals surface area contributed by atoms with E-state index in [0.29, 0.717) is 16.7 Å². The highest BCUT2D eigenvalue weighted by Crippen LogP contribution is 2.37. The van der Waals surface area contributed by atoms with Gasteiger partial charge in [0, 0.05) is 16.1 Å². The van der Waals surface area contributed by atoms with Crippen LogP contribution in [0.4, 0.5) is 5.69 Å². The fourth-order valence-corrected chi connectivity index (χ4v) is 5.77. The fraction of sp³-hybridized carbons (Fsp3) is 0.364. The quantitative estimate of drug-likeness (QED) is 0.447. The number of thioether (sulfide) groups is 1. The number of aryl methyl sites for hydroxylation is 1. The second kappa shape index (κ2) is 7.67. The minimum Gasteiger partial charge on any atom is -0.410 e. The summed E-state index contributed by atoms with van der Waals surface area (Å²) in [5, 5.41) is 11.5. The third-order valence-electron chi connectivity index (χ3n) is 5.76. The molecule has 1 aliphatic heterocycles. The molecule has 154 valence electrons. The lowest BCUT2D eigenvalue weighted by atomic mass is 9.90. The number of ketones is 1. The molecule has 30 heavy (non-hydrogen) atoms. The van der Waals surface area contributed by atoms with Crippen molar-refractivity contribution in [3.63, 3.8) is 0 Å². The van der Waals surface area contributed by atoms with Gasteiger partial charge in [-0.15, -0.1) is 21.5 Å². The molecular weight excluding hydrogens is 418 g/mol. The van der Waals surface area contributed by atoms with Crippen LogP contribution < -0.4 is 5.32 Å². The normalized spacial score (nSPS) is 20.0. The first-order chi connectivity index (χ1) is 14.5. The zero-order valence-corrected chi connectivity index (χ0v) is 18.4. The summed E-state index contributed by atoms with van der Waals surface area (Å²) >= 11 is 2.97. The van der Waals surface area contributed by atoms with Crippen LogP contribution in [-0.4, -0.2) is 27.6 Å². The number of fused-ring (bicyclic) bond motifs is 2. The first-order valence-corrected chi connectivity index (χ1v) is 11.8. The Morgan fingerprint density at radius 1 is 1.30 bits per heavy atom. The maximum atomic E-state index is 12.6. The minimum absolute atomic E-state index is 0.0327. The molecule has 0 bridgehead atoms. The highest BCUT2D eigenvalue weighted by molar-refractivity contribution is 7.99. The Morgan fingerprint density at radius 2 is 2.17 bits per heavy atom. The fourth-order valence-electron chi connectivity index (χ4n) is 3.98. The van der Waals surface area contributed by atoms with Crippen LogP contribution in [0.1, 0.15) is 52.5 Å². The van der Waals surface area contributed by atoms with Gasteiger partial charge in [-0.1, -0.05) is 18.7 Å². The van der Waals surface area contributed by atoms with Gasteiger partial charge < -0.3 is 9.73 Å². The van der Waals surface area contributed by atoms with E-state index in [1.807, 2.05) is 6.92 Å². The van der Waals surface area contributed by atoms with Gasteiger partial charge in [0.25, 0.3) is 11.1 Å². The second-order valence-corrected chi connectivity index (χ2v) is 10.1. The molecule has 1 aromatic carbocycles. The van der Waals surface area contributed by atoms with Crippen molar-refractivity contribution in [3.05, 3.63) is 45.8 Å². The first kappa shape index (κ1) is 19.5. The Kier molecular flexibility index (Phi) is 4.99. The van der Waals surface area contributed by atoms with E-state index in [1.165, 1.54) is 28.6 Å². The number of aromatic nitrogens is 2. The Hall–Kier alpha value is -2.45. The highest BCUT2D eigenvalue weighted by Gasteiger charge is 2.27. The van der Waals surface area contributed by atoms with Gasteiger partial charge in [-0.25, -0.2) is 0 Å². The number of hydrogen-bond donors (Lipinski definition) is 1. The summed E-state index contributed by atoms with van der Waals surface area (Å²) < 4.78 is 5.81. The van der Waals surface area contributed by atoms with Crippen LogP contribution >= 0.6 is 23.1 Å². The molecule has 8 heteroatoms. The molecule has 3 heterocycles. The number of Topliss-reactive ketones (excluding diaryl/α,β-unsaturated/α-hetero) is 1. The van der Waals surface area contributed by atoms with Crippen molar-refractivity contribution in [2.45, 2.75) is 44.3 Å². The van der Waals surface area contributed by atoms with Crippen LogP contribution in [0.15, 0.2) is 33.9 Å². The van der Waals surface area contributed by atoms with Crippen LogP contribution in [0.25, 0.3) is 10.8 Å². The van der Waals surface area contributed by atoms with Crippen LogP contribution in [-0.2, 0) is 17.6 Å². The zero-order valence-electron chi connectivity index (χ0n) is 16.7. The maximum Gasteiger partial charge on any atom is 0.277 e. The number of anilines is 1. The Morgan fingerprint density at radius 3 is 3.03 bits per heavy atom. The smallest absolute Gasteiger partial charge is 0.277 e. The van der Waals surface area contributed by atoms with E-state index in [9.17, 15) is 9.59 Å². The van der Waals surface area contributed by atoms with E-state index >= 15 is 0 Å². The molecule has 6 nitrogen and oxygen atoms in total. The standard InChI is InChI=1S/C22H21N3O3S2/c1-11-3-6-18-14(7-11)9-19(30-18)21-24-25-22(28-21)29-10-17(26)13-4-5-16-15(8-13)12(2)20(27)23-16/h4-5,8-9,11-12H,3,6-7,10H2,1-2H3,(H,23,27)/t11-,12-/m1/s1. The summed E-state index contributed by atoms with van der Waals surface area (Å²) in [6.07, 6.45) is 3.45. The van der Waals surface area contributed by atoms with Crippen LogP contribution in [0.3, 0.4) is 0 Å². The molecule has 1 aliphatic carbocycles. The molecule has 1 amide bonds. The number of thiophene rings is 1. The summed E-state index contributed by atoms with van der Waals surface area (Å²) in [7, 11) is 0. The van der Waals surface area contributed by atoms with Crippen molar-refractivity contribution in [2.24, 2.45) is 5.92 Å². The number of nitrogens with one attached hydrogen (secondary N) is 1. The summed E-state index contributed by atoms with van der Waals surface area (Å²) in [5.74, 6) is 1.14. The van der Waals surface area contributed by atoms with Crippen LogP contribution in [0, 0.1) is 5.92 Å². The van der Waals surface area contributed by atoms with E-state index in [4.69, 9.17) is 4.42 Å². The monoisotopic (exact) mass is 439 g/mol. The molecule has 0 radical (unpaired) electrons. The van der Waals surface area contributed by atoms with Gasteiger partial charge in [0.1, 0.15) is 0 Å². The Bertz CT molecular complexity index is 1150. The molecule has 0 saturated carbocycles. The van der Waals surface area contributed by atoms with Crippen molar-refractivity contribution in [1.29, 1.82) is 0 Å². The SMILES string of the molecule is C[C@@H]1CCc2sc(-c3nnc(SCC(=O)c4ccc5c(c4)[C@@H](C)C(=O)N5)o3)cc2C1. The van der Waals surface area contributed by atoms with E-state index in [-0.39, 0.29) is 23.4 Å². The largest absolute Gasteiger partial charge is 0.410 e. The number of rotatable bonds is 5. The molecule has 0 fully saturated rings. The minimum atomic E-state index is -0.237. The van der Waals surface area contributed by atoms with Gasteiger partial charge in [0.2, 0.25) is 5.91 Å². The zero-order chi connectivity index (χ0) is 20.8. The number of carbonyl (C=O) groups is 2. The highest BCUT2D eigenvalue weighted by atomic mass is 32.2. The van der Waals surface area contributed by atoms with E-state index in [0.717, 1.165) is 34.9 Å². The van der Waals surface area contributed by atoms with Gasteiger partial charge >= 0.3 is 0 Å². The summed E-state index contributed by atoms with van der Waals surface area (Å²) in [5.41, 5.74) is 3.64. The van der Waals surface area contributed by atoms with Crippen molar-refractivity contribution in [3.8, 4) is 10.8 Å². The lowest BCUT2D eigenvalue weighted by molar-refractivity contribution is -0.116. The maximum absolute atomic E-state index is 12.6. The van der Waals surface area contributed by atoms with Crippen molar-refractivity contribution in [1.82, 2.24) is 10.2 Å². The summed E-state index contributed by atoms with van der Waals surface area (Å²) in [4.78, 5) is 26.9. The number of amides is 1. The van der Waals surface area contributed by atoms with Gasteiger partial charge in [0.15, 0.2) is 5.78 Å². The molecule has 3 aromatic rings. The summed E-state index contributed by atoms with van der Waals surface area (Å²) in [6, 6.07) is 7.51. The van der Waals surface area contributed by atoms with Crippen LogP contribution in [0.2, 0.25) is 0 Å². The Labute approximate surface area is 182 Å². The van der Waals surface area contributed by atoms with Crippen molar-refractivity contribution < 1.29 is 14.0 Å². The van der Waals surface area contributed by atoms with Gasteiger partial charge in [0.05, 0.1) is 16.5 Å². The van der Waals surface area contributed by atoms with Gasteiger partial charge in [-0.3, -0.25) is 9.59 Å². The van der Waals surface area contributed by atoms with Crippen molar-refractivity contribution >= 4 is 40.5 Å². The Balaban J connectivity index is 1.26. The van der Waals surface area contributed by atoms with Crippen LogP contribution in [0.5, 0.6) is 0 Å². The molecule has 0 spiro atoms. The van der Waals surface area contributed by atoms with Gasteiger partial charge in [-0.05, 0) is 67.5 Å². The summed E-state index contributed by atoms with van der Waals surface area (Å²) in [6.45, 7) is 4.13. The predicted octanol–water partition coefficient (Wildman–Crippen LogP) is 4.95. The molecule has 1 N–H and O–H groups in total. The molecular formula is C22H21N3O3S2. The van der Waals surface area contributed by atoms with Crippen molar-refractivity contribution in [2.75, 3.05) is 11.1 Å². The average molecular weight is 440 g/mol. The lowest BCUT2D eigenvalue weighted by Gasteiger charge is -2.16. The molecule has 0 unspecified atom stereocenters. The predicted molar refractivity (Wildman–Crippen MR) is 117 cm³/mol. The third-order valence-corrected chi connectivity index (χ3v) is 7.81. The number of hydrogen-bond acceptors (Lipinski definition) is 7. The number of nitrogens with zero attached hydrogens (tertiary/aromatic N) is 2. The molecule has 0 saturated heterocycles. The number of carbonyl (C=O) groups excluding carboxylic acids is 2. The van der Waals surface area contributed by atoms with Gasteiger partial charge in [-0.2, -0.15) is 0 Å². The topological polar surface area (TPSA) is 85.1 Å². The second-order valence-electron chi connectivity index (χ2n) is 8.00. The molecule has 5 rings (SSSR count). The van der Waals surface area contributed by atoms with E-state index in [2.05, 4.69) is 28.5 Å². The molecule has 2 atom stereocenters. The van der Waals surface area contributed by atoms with E-state index in [1.54, 1.807) is 29.5 Å². The van der Waals surface area contributed by atoms with E-state index < -0.39 is 0 Å².